The van der Waals surface area contributed by atoms with Gasteiger partial charge in [0.25, 0.3) is 10.0 Å². The Morgan fingerprint density at radius 1 is 1.05 bits per heavy atom. The Balaban J connectivity index is 2.44. The third-order valence-corrected chi connectivity index (χ3v) is 4.40. The molecule has 0 fully saturated rings. The average molecular weight is 291 g/mol. The first-order chi connectivity index (χ1) is 9.44. The van der Waals surface area contributed by atoms with E-state index in [-0.39, 0.29) is 4.90 Å². The lowest BCUT2D eigenvalue weighted by Crippen LogP contribution is -2.14. The van der Waals surface area contributed by atoms with Crippen molar-refractivity contribution in [1.29, 1.82) is 0 Å². The Morgan fingerprint density at radius 2 is 1.75 bits per heavy atom. The molecule has 0 spiro atoms. The number of para-hydroxylation sites is 1. The van der Waals surface area contributed by atoms with Crippen LogP contribution in [0.5, 0.6) is 5.75 Å². The van der Waals surface area contributed by atoms with Gasteiger partial charge in [-0.1, -0.05) is 24.3 Å². The number of anilines is 1. The predicted molar refractivity (Wildman–Crippen MR) is 79.7 cm³/mol. The minimum absolute atomic E-state index is 0.133. The molecule has 0 unspecified atom stereocenters. The van der Waals surface area contributed by atoms with E-state index in [1.807, 2.05) is 26.0 Å². The van der Waals surface area contributed by atoms with Gasteiger partial charge >= 0.3 is 0 Å². The fourth-order valence-electron chi connectivity index (χ4n) is 1.88. The summed E-state index contributed by atoms with van der Waals surface area (Å²) in [6.07, 6.45) is 0. The molecule has 20 heavy (non-hydrogen) atoms. The topological polar surface area (TPSA) is 55.4 Å². The Kier molecular flexibility index (Phi) is 3.99. The molecule has 106 valence electrons. The van der Waals surface area contributed by atoms with Gasteiger partial charge in [0.15, 0.2) is 0 Å². The van der Waals surface area contributed by atoms with Crippen LogP contribution in [0.25, 0.3) is 0 Å². The van der Waals surface area contributed by atoms with Crippen LogP contribution < -0.4 is 9.46 Å². The molecule has 0 atom stereocenters. The van der Waals surface area contributed by atoms with Crippen molar-refractivity contribution in [3.8, 4) is 5.75 Å². The van der Waals surface area contributed by atoms with Gasteiger partial charge in [-0.05, 0) is 43.2 Å². The van der Waals surface area contributed by atoms with E-state index in [9.17, 15) is 8.42 Å². The zero-order chi connectivity index (χ0) is 14.8. The summed E-state index contributed by atoms with van der Waals surface area (Å²) in [6.45, 7) is 3.73. The third kappa shape index (κ3) is 2.93. The summed E-state index contributed by atoms with van der Waals surface area (Å²) < 4.78 is 32.7. The van der Waals surface area contributed by atoms with Crippen molar-refractivity contribution in [2.24, 2.45) is 0 Å². The molecule has 0 aliphatic heterocycles. The molecule has 5 heteroatoms. The van der Waals surface area contributed by atoms with Crippen molar-refractivity contribution in [2.45, 2.75) is 18.7 Å². The van der Waals surface area contributed by atoms with Gasteiger partial charge in [-0.3, -0.25) is 4.72 Å². The Morgan fingerprint density at radius 3 is 2.40 bits per heavy atom. The van der Waals surface area contributed by atoms with Crippen molar-refractivity contribution in [1.82, 2.24) is 0 Å². The van der Waals surface area contributed by atoms with E-state index in [2.05, 4.69) is 4.72 Å². The van der Waals surface area contributed by atoms with Gasteiger partial charge in [0.1, 0.15) is 10.6 Å². The van der Waals surface area contributed by atoms with Crippen LogP contribution in [0.1, 0.15) is 11.1 Å². The van der Waals surface area contributed by atoms with Crippen molar-refractivity contribution in [2.75, 3.05) is 11.8 Å². The van der Waals surface area contributed by atoms with Crippen LogP contribution in [-0.4, -0.2) is 15.5 Å². The number of aryl methyl sites for hydroxylation is 2. The maximum absolute atomic E-state index is 12.5. The van der Waals surface area contributed by atoms with Crippen molar-refractivity contribution in [3.05, 3.63) is 53.6 Å². The van der Waals surface area contributed by atoms with Gasteiger partial charge in [-0.2, -0.15) is 0 Å². The maximum atomic E-state index is 12.5. The second-order valence-corrected chi connectivity index (χ2v) is 6.23. The second-order valence-electron chi connectivity index (χ2n) is 4.57. The van der Waals surface area contributed by atoms with Gasteiger partial charge in [-0.25, -0.2) is 8.42 Å². The van der Waals surface area contributed by atoms with E-state index < -0.39 is 10.0 Å². The number of benzene rings is 2. The lowest BCUT2D eigenvalue weighted by atomic mass is 10.2. The fraction of sp³-hybridized carbons (Fsp3) is 0.200. The van der Waals surface area contributed by atoms with Gasteiger partial charge in [0.2, 0.25) is 0 Å². The Bertz CT molecular complexity index is 724. The molecule has 0 amide bonds. The van der Waals surface area contributed by atoms with E-state index in [1.54, 1.807) is 30.3 Å². The summed E-state index contributed by atoms with van der Waals surface area (Å²) in [6, 6.07) is 12.2. The monoisotopic (exact) mass is 291 g/mol. The zero-order valence-corrected chi connectivity index (χ0v) is 12.5. The molecule has 2 aromatic rings. The molecule has 0 aliphatic rings. The number of hydrogen-bond donors (Lipinski definition) is 1. The minimum Gasteiger partial charge on any atom is -0.495 e. The first-order valence-corrected chi connectivity index (χ1v) is 7.65. The number of ether oxygens (including phenoxy) is 1. The number of sulfonamides is 1. The predicted octanol–water partition coefficient (Wildman–Crippen LogP) is 3.11. The molecule has 0 saturated carbocycles. The number of hydrogen-bond acceptors (Lipinski definition) is 3. The molecular formula is C15H17NO3S. The molecule has 0 radical (unpaired) electrons. The molecule has 0 aromatic heterocycles. The van der Waals surface area contributed by atoms with Crippen LogP contribution in [0.2, 0.25) is 0 Å². The number of methoxy groups -OCH3 is 1. The van der Waals surface area contributed by atoms with Crippen LogP contribution in [0.15, 0.2) is 47.4 Å². The SMILES string of the molecule is COc1cc(C)ccc1S(=O)(=O)Nc1ccccc1C. The summed E-state index contributed by atoms with van der Waals surface area (Å²) in [4.78, 5) is 0.133. The van der Waals surface area contributed by atoms with Gasteiger partial charge in [-0.15, -0.1) is 0 Å². The smallest absolute Gasteiger partial charge is 0.265 e. The Labute approximate surface area is 119 Å². The average Bonchev–Trinajstić information content (AvgIpc) is 2.40. The fourth-order valence-corrected chi connectivity index (χ4v) is 3.17. The maximum Gasteiger partial charge on any atom is 0.265 e. The minimum atomic E-state index is -3.67. The summed E-state index contributed by atoms with van der Waals surface area (Å²) in [7, 11) is -2.21. The highest BCUT2D eigenvalue weighted by atomic mass is 32.2. The van der Waals surface area contributed by atoms with Crippen molar-refractivity contribution < 1.29 is 13.2 Å². The lowest BCUT2D eigenvalue weighted by Gasteiger charge is -2.13. The van der Waals surface area contributed by atoms with E-state index in [4.69, 9.17) is 4.74 Å². The normalized spacial score (nSPS) is 11.2. The van der Waals surface area contributed by atoms with Crippen LogP contribution in [-0.2, 0) is 10.0 Å². The van der Waals surface area contributed by atoms with Gasteiger partial charge in [0, 0.05) is 0 Å². The highest BCUT2D eigenvalue weighted by Gasteiger charge is 2.20. The van der Waals surface area contributed by atoms with E-state index in [0.29, 0.717) is 11.4 Å². The molecule has 0 saturated heterocycles. The van der Waals surface area contributed by atoms with E-state index >= 15 is 0 Å². The molecule has 4 nitrogen and oxygen atoms in total. The Hall–Kier alpha value is -2.01. The number of nitrogens with one attached hydrogen (secondary N) is 1. The molecule has 0 heterocycles. The molecule has 0 aliphatic carbocycles. The van der Waals surface area contributed by atoms with Crippen molar-refractivity contribution >= 4 is 15.7 Å². The highest BCUT2D eigenvalue weighted by Crippen LogP contribution is 2.27. The summed E-state index contributed by atoms with van der Waals surface area (Å²) in [5, 5.41) is 0. The standard InChI is InChI=1S/C15H17NO3S/c1-11-8-9-15(14(10-11)19-3)20(17,18)16-13-7-5-4-6-12(13)2/h4-10,16H,1-3H3. The van der Waals surface area contributed by atoms with E-state index in [1.165, 1.54) is 7.11 Å². The van der Waals surface area contributed by atoms with E-state index in [0.717, 1.165) is 11.1 Å². The lowest BCUT2D eigenvalue weighted by molar-refractivity contribution is 0.402. The summed E-state index contributed by atoms with van der Waals surface area (Å²) >= 11 is 0. The second kappa shape index (κ2) is 5.54. The largest absolute Gasteiger partial charge is 0.495 e. The number of rotatable bonds is 4. The molecule has 2 rings (SSSR count). The quantitative estimate of drug-likeness (QED) is 0.941. The van der Waals surface area contributed by atoms with Crippen LogP contribution in [0.3, 0.4) is 0 Å². The third-order valence-electron chi connectivity index (χ3n) is 3.00. The first-order valence-electron chi connectivity index (χ1n) is 6.17. The summed E-state index contributed by atoms with van der Waals surface area (Å²) in [5.74, 6) is 0.339. The van der Waals surface area contributed by atoms with Gasteiger partial charge < -0.3 is 4.74 Å². The van der Waals surface area contributed by atoms with Crippen LogP contribution in [0.4, 0.5) is 5.69 Å². The summed E-state index contributed by atoms with van der Waals surface area (Å²) in [5.41, 5.74) is 2.37. The molecule has 2 aromatic carbocycles. The van der Waals surface area contributed by atoms with Crippen molar-refractivity contribution in [3.63, 3.8) is 0 Å². The molecule has 1 N–H and O–H groups in total. The van der Waals surface area contributed by atoms with Gasteiger partial charge in [0.05, 0.1) is 12.8 Å². The molecule has 0 bridgehead atoms. The molecular weight excluding hydrogens is 274 g/mol. The first kappa shape index (κ1) is 14.4. The van der Waals surface area contributed by atoms with Crippen LogP contribution in [0, 0.1) is 13.8 Å². The van der Waals surface area contributed by atoms with Crippen LogP contribution >= 0.6 is 0 Å². The zero-order valence-electron chi connectivity index (χ0n) is 11.7. The highest BCUT2D eigenvalue weighted by molar-refractivity contribution is 7.92.